The largest absolute Gasteiger partial charge is 0.461 e. The van der Waals surface area contributed by atoms with Crippen molar-refractivity contribution < 1.29 is 9.47 Å². The molecule has 20 heavy (non-hydrogen) atoms. The number of anilines is 1. The maximum Gasteiger partial charge on any atom is 0.324 e. The van der Waals surface area contributed by atoms with Gasteiger partial charge in [-0.05, 0) is 44.9 Å². The summed E-state index contributed by atoms with van der Waals surface area (Å²) < 4.78 is 11.3. The molecular weight excluding hydrogens is 256 g/mol. The molecule has 0 aliphatic heterocycles. The number of ether oxygens (including phenoxy) is 2. The minimum absolute atomic E-state index is 0.0137. The van der Waals surface area contributed by atoms with Gasteiger partial charge in [-0.25, -0.2) is 0 Å². The van der Waals surface area contributed by atoms with Crippen molar-refractivity contribution in [1.82, 2.24) is 15.0 Å². The van der Waals surface area contributed by atoms with E-state index in [1.165, 1.54) is 6.42 Å². The average molecular weight is 280 g/mol. The molecule has 1 aliphatic carbocycles. The van der Waals surface area contributed by atoms with Crippen molar-refractivity contribution in [3.63, 3.8) is 0 Å². The van der Waals surface area contributed by atoms with Gasteiger partial charge in [0, 0.05) is 0 Å². The van der Waals surface area contributed by atoms with Crippen LogP contribution in [0.5, 0.6) is 12.0 Å². The fraction of sp³-hybridized carbons (Fsp3) is 0.786. The molecule has 1 aliphatic rings. The SMILES string of the molecule is CC(C)Oc1nc(N)nc(OC2CCC(C)C(C)C2)n1. The van der Waals surface area contributed by atoms with Gasteiger partial charge < -0.3 is 15.2 Å². The topological polar surface area (TPSA) is 83.2 Å². The summed E-state index contributed by atoms with van der Waals surface area (Å²) in [7, 11) is 0. The number of nitrogen functional groups attached to an aromatic ring is 1. The summed E-state index contributed by atoms with van der Waals surface area (Å²) in [5, 5.41) is 0. The van der Waals surface area contributed by atoms with Crippen molar-refractivity contribution >= 4 is 5.95 Å². The van der Waals surface area contributed by atoms with Crippen molar-refractivity contribution in [3.05, 3.63) is 0 Å². The van der Waals surface area contributed by atoms with Gasteiger partial charge in [0.05, 0.1) is 6.10 Å². The van der Waals surface area contributed by atoms with Gasteiger partial charge in [-0.15, -0.1) is 4.98 Å². The van der Waals surface area contributed by atoms with Crippen molar-refractivity contribution in [1.29, 1.82) is 0 Å². The molecule has 0 radical (unpaired) electrons. The fourth-order valence-corrected chi connectivity index (χ4v) is 2.42. The van der Waals surface area contributed by atoms with Crippen LogP contribution in [0.15, 0.2) is 0 Å². The smallest absolute Gasteiger partial charge is 0.324 e. The average Bonchev–Trinajstić information content (AvgIpc) is 2.32. The highest BCUT2D eigenvalue weighted by Crippen LogP contribution is 2.31. The summed E-state index contributed by atoms with van der Waals surface area (Å²) in [6.07, 6.45) is 3.35. The van der Waals surface area contributed by atoms with Crippen LogP contribution in [0.25, 0.3) is 0 Å². The summed E-state index contributed by atoms with van der Waals surface area (Å²) in [5.41, 5.74) is 5.67. The van der Waals surface area contributed by atoms with Crippen LogP contribution in [0, 0.1) is 11.8 Å². The molecule has 1 aromatic rings. The first kappa shape index (κ1) is 14.8. The second-order valence-corrected chi connectivity index (χ2v) is 5.93. The Morgan fingerprint density at radius 1 is 1.05 bits per heavy atom. The van der Waals surface area contributed by atoms with Crippen molar-refractivity contribution in [3.8, 4) is 12.0 Å². The Morgan fingerprint density at radius 2 is 1.75 bits per heavy atom. The first-order valence-corrected chi connectivity index (χ1v) is 7.29. The second kappa shape index (κ2) is 6.24. The van der Waals surface area contributed by atoms with E-state index in [9.17, 15) is 0 Å². The highest BCUT2D eigenvalue weighted by Gasteiger charge is 2.26. The third-order valence-corrected chi connectivity index (χ3v) is 3.77. The van der Waals surface area contributed by atoms with E-state index in [0.717, 1.165) is 18.8 Å². The summed E-state index contributed by atoms with van der Waals surface area (Å²) in [4.78, 5) is 12.1. The molecule has 3 atom stereocenters. The predicted molar refractivity (Wildman–Crippen MR) is 76.6 cm³/mol. The maximum absolute atomic E-state index is 5.85. The summed E-state index contributed by atoms with van der Waals surface area (Å²) in [5.74, 6) is 1.53. The fourth-order valence-electron chi connectivity index (χ4n) is 2.42. The van der Waals surface area contributed by atoms with Gasteiger partial charge in [-0.1, -0.05) is 13.8 Å². The number of nitrogens with zero attached hydrogens (tertiary/aromatic N) is 3. The molecule has 0 bridgehead atoms. The summed E-state index contributed by atoms with van der Waals surface area (Å²) in [6.45, 7) is 8.36. The number of nitrogens with two attached hydrogens (primary N) is 1. The lowest BCUT2D eigenvalue weighted by Crippen LogP contribution is -2.29. The third kappa shape index (κ3) is 3.95. The van der Waals surface area contributed by atoms with E-state index in [1.54, 1.807) is 0 Å². The molecular formula is C14H24N4O2. The Bertz CT molecular complexity index is 453. The zero-order valence-electron chi connectivity index (χ0n) is 12.7. The molecule has 2 rings (SSSR count). The number of aromatic nitrogens is 3. The monoisotopic (exact) mass is 280 g/mol. The minimum atomic E-state index is -0.0137. The second-order valence-electron chi connectivity index (χ2n) is 5.93. The summed E-state index contributed by atoms with van der Waals surface area (Å²) in [6, 6.07) is 0.486. The highest BCUT2D eigenvalue weighted by atomic mass is 16.5. The molecule has 1 fully saturated rings. The Kier molecular flexibility index (Phi) is 4.62. The van der Waals surface area contributed by atoms with E-state index < -0.39 is 0 Å². The predicted octanol–water partition coefficient (Wildman–Crippen LogP) is 2.44. The van der Waals surface area contributed by atoms with Crippen LogP contribution < -0.4 is 15.2 Å². The molecule has 1 aromatic heterocycles. The molecule has 0 amide bonds. The van der Waals surface area contributed by atoms with Crippen LogP contribution in [0.3, 0.4) is 0 Å². The van der Waals surface area contributed by atoms with E-state index >= 15 is 0 Å². The highest BCUT2D eigenvalue weighted by molar-refractivity contribution is 5.20. The Hall–Kier alpha value is -1.59. The number of rotatable bonds is 4. The molecule has 6 heteroatoms. The Morgan fingerprint density at radius 3 is 2.40 bits per heavy atom. The number of hydrogen-bond acceptors (Lipinski definition) is 6. The lowest BCUT2D eigenvalue weighted by Gasteiger charge is -2.31. The lowest BCUT2D eigenvalue weighted by atomic mass is 9.80. The normalized spacial score (nSPS) is 26.6. The molecule has 0 spiro atoms. The van der Waals surface area contributed by atoms with Gasteiger partial charge in [0.1, 0.15) is 6.10 Å². The van der Waals surface area contributed by atoms with Gasteiger partial charge in [-0.3, -0.25) is 0 Å². The molecule has 0 saturated heterocycles. The van der Waals surface area contributed by atoms with Crippen LogP contribution >= 0.6 is 0 Å². The van der Waals surface area contributed by atoms with E-state index in [4.69, 9.17) is 15.2 Å². The molecule has 0 aromatic carbocycles. The van der Waals surface area contributed by atoms with Crippen molar-refractivity contribution in [2.24, 2.45) is 11.8 Å². The van der Waals surface area contributed by atoms with Gasteiger partial charge in [0.25, 0.3) is 0 Å². The number of hydrogen-bond donors (Lipinski definition) is 1. The maximum atomic E-state index is 5.85. The zero-order valence-corrected chi connectivity index (χ0v) is 12.7. The van der Waals surface area contributed by atoms with E-state index in [2.05, 4.69) is 28.8 Å². The van der Waals surface area contributed by atoms with Gasteiger partial charge in [0.2, 0.25) is 5.95 Å². The van der Waals surface area contributed by atoms with Crippen molar-refractivity contribution in [2.75, 3.05) is 5.73 Å². The van der Waals surface area contributed by atoms with Crippen LogP contribution in [-0.2, 0) is 0 Å². The van der Waals surface area contributed by atoms with Crippen LogP contribution in [-0.4, -0.2) is 27.2 Å². The van der Waals surface area contributed by atoms with E-state index in [1.807, 2.05) is 13.8 Å². The Balaban J connectivity index is 2.03. The van der Waals surface area contributed by atoms with Crippen LogP contribution in [0.2, 0.25) is 0 Å². The van der Waals surface area contributed by atoms with Crippen molar-refractivity contribution in [2.45, 2.75) is 59.2 Å². The summed E-state index contributed by atoms with van der Waals surface area (Å²) >= 11 is 0. The molecule has 3 unspecified atom stereocenters. The molecule has 112 valence electrons. The van der Waals surface area contributed by atoms with Crippen LogP contribution in [0.1, 0.15) is 47.0 Å². The van der Waals surface area contributed by atoms with Gasteiger partial charge >= 0.3 is 12.0 Å². The lowest BCUT2D eigenvalue weighted by molar-refractivity contribution is 0.0901. The molecule has 2 N–H and O–H groups in total. The van der Waals surface area contributed by atoms with Gasteiger partial charge in [-0.2, -0.15) is 9.97 Å². The minimum Gasteiger partial charge on any atom is -0.461 e. The third-order valence-electron chi connectivity index (χ3n) is 3.77. The Labute approximate surface area is 120 Å². The molecule has 1 heterocycles. The van der Waals surface area contributed by atoms with E-state index in [-0.39, 0.29) is 30.2 Å². The molecule has 6 nitrogen and oxygen atoms in total. The first-order chi connectivity index (χ1) is 9.44. The van der Waals surface area contributed by atoms with Gasteiger partial charge in [0.15, 0.2) is 0 Å². The first-order valence-electron chi connectivity index (χ1n) is 7.29. The van der Waals surface area contributed by atoms with E-state index in [0.29, 0.717) is 5.92 Å². The standard InChI is InChI=1S/C14H24N4O2/c1-8(2)19-13-16-12(15)17-14(18-13)20-11-6-5-9(3)10(4)7-11/h8-11H,5-7H2,1-4H3,(H2,15,16,17,18). The quantitative estimate of drug-likeness (QED) is 0.912. The molecule has 1 saturated carbocycles. The van der Waals surface area contributed by atoms with Crippen LogP contribution in [0.4, 0.5) is 5.95 Å². The zero-order chi connectivity index (χ0) is 14.7.